The molecule has 0 aromatic heterocycles. The molecule has 98 valence electrons. The van der Waals surface area contributed by atoms with E-state index in [4.69, 9.17) is 4.74 Å². The van der Waals surface area contributed by atoms with Crippen LogP contribution in [-0.4, -0.2) is 12.4 Å². The lowest BCUT2D eigenvalue weighted by molar-refractivity contribution is 0.103. The topological polar surface area (TPSA) is 26.3 Å². The lowest BCUT2D eigenvalue weighted by atomic mass is 10.0. The van der Waals surface area contributed by atoms with E-state index in [1.807, 2.05) is 6.92 Å². The standard InChI is InChI=1S/C15H12BrFO2/c1-2-19-12-6-3-10(4-7-12)15(18)13-8-5-11(16)9-14(13)17/h3-9H,2H2,1H3. The average molecular weight is 323 g/mol. The van der Waals surface area contributed by atoms with Crippen molar-refractivity contribution in [2.75, 3.05) is 6.61 Å². The maximum absolute atomic E-state index is 13.7. The molecule has 2 rings (SSSR count). The van der Waals surface area contributed by atoms with Crippen molar-refractivity contribution in [3.8, 4) is 5.75 Å². The maximum Gasteiger partial charge on any atom is 0.195 e. The summed E-state index contributed by atoms with van der Waals surface area (Å²) in [5.74, 6) is -0.184. The number of carbonyl (C=O) groups is 1. The van der Waals surface area contributed by atoms with Gasteiger partial charge in [-0.2, -0.15) is 0 Å². The van der Waals surface area contributed by atoms with Gasteiger partial charge in [0.05, 0.1) is 12.2 Å². The molecule has 0 aliphatic rings. The van der Waals surface area contributed by atoms with E-state index in [0.29, 0.717) is 22.4 Å². The predicted octanol–water partition coefficient (Wildman–Crippen LogP) is 4.22. The molecule has 0 saturated heterocycles. The summed E-state index contributed by atoms with van der Waals surface area (Å²) in [6, 6.07) is 11.1. The van der Waals surface area contributed by atoms with Gasteiger partial charge in [-0.3, -0.25) is 4.79 Å². The van der Waals surface area contributed by atoms with Gasteiger partial charge in [0.1, 0.15) is 11.6 Å². The first-order chi connectivity index (χ1) is 9.11. The molecular formula is C15H12BrFO2. The third-order valence-electron chi connectivity index (χ3n) is 2.60. The molecule has 0 fully saturated rings. The molecule has 2 nitrogen and oxygen atoms in total. The van der Waals surface area contributed by atoms with Crippen molar-refractivity contribution in [3.05, 3.63) is 63.9 Å². The van der Waals surface area contributed by atoms with Gasteiger partial charge in [0.2, 0.25) is 0 Å². The third kappa shape index (κ3) is 3.20. The van der Waals surface area contributed by atoms with Crippen LogP contribution in [0, 0.1) is 5.82 Å². The highest BCUT2D eigenvalue weighted by atomic mass is 79.9. The van der Waals surface area contributed by atoms with Crippen molar-refractivity contribution in [2.45, 2.75) is 6.92 Å². The molecule has 19 heavy (non-hydrogen) atoms. The van der Waals surface area contributed by atoms with Crippen LogP contribution in [0.1, 0.15) is 22.8 Å². The zero-order chi connectivity index (χ0) is 13.8. The monoisotopic (exact) mass is 322 g/mol. The van der Waals surface area contributed by atoms with Crippen LogP contribution in [0.3, 0.4) is 0 Å². The van der Waals surface area contributed by atoms with Gasteiger partial charge in [-0.15, -0.1) is 0 Å². The van der Waals surface area contributed by atoms with Gasteiger partial charge in [0.15, 0.2) is 5.78 Å². The molecule has 0 aliphatic carbocycles. The van der Waals surface area contributed by atoms with E-state index in [1.165, 1.54) is 12.1 Å². The Bertz CT molecular complexity index is 594. The number of ketones is 1. The maximum atomic E-state index is 13.7. The molecule has 0 unspecified atom stereocenters. The van der Waals surface area contributed by atoms with Crippen LogP contribution in [0.5, 0.6) is 5.75 Å². The van der Waals surface area contributed by atoms with Crippen LogP contribution >= 0.6 is 15.9 Å². The summed E-state index contributed by atoms with van der Waals surface area (Å²) < 4.78 is 19.6. The molecule has 2 aromatic carbocycles. The molecular weight excluding hydrogens is 311 g/mol. The number of rotatable bonds is 4. The fraction of sp³-hybridized carbons (Fsp3) is 0.133. The van der Waals surface area contributed by atoms with Gasteiger partial charge >= 0.3 is 0 Å². The molecule has 4 heteroatoms. The predicted molar refractivity (Wildman–Crippen MR) is 75.1 cm³/mol. The van der Waals surface area contributed by atoms with E-state index in [0.717, 1.165) is 0 Å². The van der Waals surface area contributed by atoms with Gasteiger partial charge in [0, 0.05) is 10.0 Å². The Morgan fingerprint density at radius 2 is 1.89 bits per heavy atom. The number of hydrogen-bond acceptors (Lipinski definition) is 2. The van der Waals surface area contributed by atoms with Crippen molar-refractivity contribution in [1.29, 1.82) is 0 Å². The third-order valence-corrected chi connectivity index (χ3v) is 3.10. The highest BCUT2D eigenvalue weighted by molar-refractivity contribution is 9.10. The second-order valence-corrected chi connectivity index (χ2v) is 4.83. The Balaban J connectivity index is 2.28. The SMILES string of the molecule is CCOc1ccc(C(=O)c2ccc(Br)cc2F)cc1. The Labute approximate surface area is 119 Å². The van der Waals surface area contributed by atoms with Crippen LogP contribution < -0.4 is 4.74 Å². The number of halogens is 2. The molecule has 0 amide bonds. The summed E-state index contributed by atoms with van der Waals surface area (Å²) in [6.07, 6.45) is 0. The van der Waals surface area contributed by atoms with Gasteiger partial charge in [-0.1, -0.05) is 15.9 Å². The summed E-state index contributed by atoms with van der Waals surface area (Å²) >= 11 is 3.16. The lowest BCUT2D eigenvalue weighted by Gasteiger charge is -2.05. The highest BCUT2D eigenvalue weighted by Crippen LogP contribution is 2.20. The molecule has 0 spiro atoms. The Hall–Kier alpha value is -1.68. The second kappa shape index (κ2) is 5.97. The van der Waals surface area contributed by atoms with E-state index in [2.05, 4.69) is 15.9 Å². The van der Waals surface area contributed by atoms with Crippen LogP contribution in [0.2, 0.25) is 0 Å². The van der Waals surface area contributed by atoms with Crippen molar-refractivity contribution >= 4 is 21.7 Å². The summed E-state index contributed by atoms with van der Waals surface area (Å²) in [6.45, 7) is 2.45. The minimum Gasteiger partial charge on any atom is -0.494 e. The fourth-order valence-corrected chi connectivity index (χ4v) is 2.03. The number of benzene rings is 2. The summed E-state index contributed by atoms with van der Waals surface area (Å²) in [4.78, 5) is 12.2. The molecule has 2 aromatic rings. The molecule has 0 saturated carbocycles. The minimum absolute atomic E-state index is 0.0624. The number of ether oxygens (including phenoxy) is 1. The molecule has 0 aliphatic heterocycles. The first-order valence-electron chi connectivity index (χ1n) is 5.84. The molecule has 0 N–H and O–H groups in total. The number of carbonyl (C=O) groups excluding carboxylic acids is 1. The van der Waals surface area contributed by atoms with Crippen molar-refractivity contribution in [1.82, 2.24) is 0 Å². The first kappa shape index (κ1) is 13.7. The largest absolute Gasteiger partial charge is 0.494 e. The highest BCUT2D eigenvalue weighted by Gasteiger charge is 2.14. The first-order valence-corrected chi connectivity index (χ1v) is 6.63. The fourth-order valence-electron chi connectivity index (χ4n) is 1.70. The zero-order valence-electron chi connectivity index (χ0n) is 10.3. The lowest BCUT2D eigenvalue weighted by Crippen LogP contribution is -2.04. The van der Waals surface area contributed by atoms with Gasteiger partial charge in [-0.25, -0.2) is 4.39 Å². The van der Waals surface area contributed by atoms with Crippen molar-refractivity contribution < 1.29 is 13.9 Å². The van der Waals surface area contributed by atoms with Crippen LogP contribution in [0.25, 0.3) is 0 Å². The van der Waals surface area contributed by atoms with Gasteiger partial charge in [0.25, 0.3) is 0 Å². The number of hydrogen-bond donors (Lipinski definition) is 0. The van der Waals surface area contributed by atoms with Gasteiger partial charge < -0.3 is 4.74 Å². The average Bonchev–Trinajstić information content (AvgIpc) is 2.39. The molecule has 0 radical (unpaired) electrons. The summed E-state index contributed by atoms with van der Waals surface area (Å²) in [7, 11) is 0. The van der Waals surface area contributed by atoms with Crippen molar-refractivity contribution in [3.63, 3.8) is 0 Å². The van der Waals surface area contributed by atoms with Crippen LogP contribution in [0.15, 0.2) is 46.9 Å². The Morgan fingerprint density at radius 1 is 1.21 bits per heavy atom. The molecule has 0 atom stereocenters. The summed E-state index contributed by atoms with van der Waals surface area (Å²) in [5.41, 5.74) is 0.497. The zero-order valence-corrected chi connectivity index (χ0v) is 11.9. The minimum atomic E-state index is -0.534. The second-order valence-electron chi connectivity index (χ2n) is 3.91. The van der Waals surface area contributed by atoms with E-state index in [-0.39, 0.29) is 11.3 Å². The Morgan fingerprint density at radius 3 is 2.47 bits per heavy atom. The summed E-state index contributed by atoms with van der Waals surface area (Å²) in [5, 5.41) is 0. The van der Waals surface area contributed by atoms with E-state index in [1.54, 1.807) is 30.3 Å². The van der Waals surface area contributed by atoms with E-state index >= 15 is 0 Å². The van der Waals surface area contributed by atoms with Crippen LogP contribution in [-0.2, 0) is 0 Å². The quantitative estimate of drug-likeness (QED) is 0.788. The normalized spacial score (nSPS) is 10.3. The van der Waals surface area contributed by atoms with Crippen molar-refractivity contribution in [2.24, 2.45) is 0 Å². The Kier molecular flexibility index (Phi) is 4.32. The van der Waals surface area contributed by atoms with E-state index < -0.39 is 5.82 Å². The molecule has 0 heterocycles. The van der Waals surface area contributed by atoms with E-state index in [9.17, 15) is 9.18 Å². The van der Waals surface area contributed by atoms with Crippen LogP contribution in [0.4, 0.5) is 4.39 Å². The smallest absolute Gasteiger partial charge is 0.195 e. The van der Waals surface area contributed by atoms with Gasteiger partial charge in [-0.05, 0) is 49.4 Å². The molecule has 0 bridgehead atoms.